The highest BCUT2D eigenvalue weighted by Gasteiger charge is 2.31. The summed E-state index contributed by atoms with van der Waals surface area (Å²) in [6, 6.07) is 11.9. The van der Waals surface area contributed by atoms with Gasteiger partial charge in [-0.25, -0.2) is 4.68 Å². The lowest BCUT2D eigenvalue weighted by Gasteiger charge is -2.31. The van der Waals surface area contributed by atoms with Crippen LogP contribution < -0.4 is 0 Å². The molecule has 1 aromatic heterocycles. The molecule has 5 nitrogen and oxygen atoms in total. The lowest BCUT2D eigenvalue weighted by molar-refractivity contribution is -0.0127. The van der Waals surface area contributed by atoms with Crippen LogP contribution in [0.5, 0.6) is 0 Å². The van der Waals surface area contributed by atoms with Gasteiger partial charge in [0.2, 0.25) is 0 Å². The second-order valence-electron chi connectivity index (χ2n) is 6.41. The van der Waals surface area contributed by atoms with Crippen molar-refractivity contribution in [2.45, 2.75) is 31.8 Å². The van der Waals surface area contributed by atoms with Crippen molar-refractivity contribution >= 4 is 5.91 Å². The first kappa shape index (κ1) is 14.5. The second-order valence-corrected chi connectivity index (χ2v) is 6.41. The van der Waals surface area contributed by atoms with Crippen molar-refractivity contribution in [1.29, 1.82) is 0 Å². The second kappa shape index (κ2) is 5.81. The van der Waals surface area contributed by atoms with Gasteiger partial charge in [0.05, 0.1) is 24.1 Å². The zero-order valence-corrected chi connectivity index (χ0v) is 13.3. The predicted molar refractivity (Wildman–Crippen MR) is 86.9 cm³/mol. The van der Waals surface area contributed by atoms with Gasteiger partial charge in [0.15, 0.2) is 0 Å². The van der Waals surface area contributed by atoms with E-state index in [1.807, 2.05) is 48.2 Å². The number of para-hydroxylation sites is 1. The maximum atomic E-state index is 13.0. The van der Waals surface area contributed by atoms with Crippen LogP contribution in [0, 0.1) is 0 Å². The normalized spacial score (nSPS) is 21.4. The summed E-state index contributed by atoms with van der Waals surface area (Å²) < 4.78 is 7.35. The van der Waals surface area contributed by atoms with E-state index in [0.717, 1.165) is 11.4 Å². The summed E-state index contributed by atoms with van der Waals surface area (Å²) in [4.78, 5) is 14.9. The van der Waals surface area contributed by atoms with Crippen molar-refractivity contribution in [3.05, 3.63) is 47.8 Å². The lowest BCUT2D eigenvalue weighted by atomic mass is 10.2. The number of hydrogen-bond acceptors (Lipinski definition) is 3. The van der Waals surface area contributed by atoms with Crippen LogP contribution in [0.15, 0.2) is 36.4 Å². The van der Waals surface area contributed by atoms with Crippen LogP contribution in [0.25, 0.3) is 5.69 Å². The number of morpholine rings is 1. The summed E-state index contributed by atoms with van der Waals surface area (Å²) in [6.45, 7) is 3.88. The predicted octanol–water partition coefficient (Wildman–Crippen LogP) is 2.61. The SMILES string of the molecule is CC1CN(C(=O)c2cc(C3CC3)nn2-c2ccccc2)CCO1. The highest BCUT2D eigenvalue weighted by atomic mass is 16.5. The fourth-order valence-electron chi connectivity index (χ4n) is 3.06. The molecule has 1 aromatic carbocycles. The summed E-state index contributed by atoms with van der Waals surface area (Å²) in [5.41, 5.74) is 2.63. The summed E-state index contributed by atoms with van der Waals surface area (Å²) in [5, 5.41) is 4.72. The first-order valence-corrected chi connectivity index (χ1v) is 8.28. The Hall–Kier alpha value is -2.14. The fourth-order valence-corrected chi connectivity index (χ4v) is 3.06. The number of aromatic nitrogens is 2. The first-order chi connectivity index (χ1) is 11.2. The van der Waals surface area contributed by atoms with E-state index < -0.39 is 0 Å². The Balaban J connectivity index is 1.70. The molecular formula is C18H21N3O2. The molecule has 23 heavy (non-hydrogen) atoms. The zero-order chi connectivity index (χ0) is 15.8. The van der Waals surface area contributed by atoms with E-state index in [9.17, 15) is 4.79 Å². The average molecular weight is 311 g/mol. The molecule has 0 N–H and O–H groups in total. The molecule has 2 aromatic rings. The van der Waals surface area contributed by atoms with Gasteiger partial charge >= 0.3 is 0 Å². The number of ether oxygens (including phenoxy) is 1. The Labute approximate surface area is 135 Å². The number of nitrogens with zero attached hydrogens (tertiary/aromatic N) is 3. The standard InChI is InChI=1S/C18H21N3O2/c1-13-12-20(9-10-23-13)18(22)17-11-16(14-7-8-14)19-21(17)15-5-3-2-4-6-15/h2-6,11,13-14H,7-10,12H2,1H3. The molecular weight excluding hydrogens is 290 g/mol. The Morgan fingerprint density at radius 2 is 2.04 bits per heavy atom. The van der Waals surface area contributed by atoms with E-state index in [1.165, 1.54) is 12.8 Å². The van der Waals surface area contributed by atoms with E-state index in [-0.39, 0.29) is 12.0 Å². The van der Waals surface area contributed by atoms with Crippen LogP contribution in [-0.2, 0) is 4.74 Å². The van der Waals surface area contributed by atoms with Crippen molar-refractivity contribution in [1.82, 2.24) is 14.7 Å². The number of carbonyl (C=O) groups is 1. The third-order valence-electron chi connectivity index (χ3n) is 4.47. The van der Waals surface area contributed by atoms with Crippen LogP contribution >= 0.6 is 0 Å². The molecule has 120 valence electrons. The molecule has 0 radical (unpaired) electrons. The van der Waals surface area contributed by atoms with Crippen molar-refractivity contribution in [2.75, 3.05) is 19.7 Å². The molecule has 4 rings (SSSR count). The molecule has 1 atom stereocenters. The number of rotatable bonds is 3. The van der Waals surface area contributed by atoms with Gasteiger partial charge in [0.25, 0.3) is 5.91 Å². The molecule has 2 fully saturated rings. The third kappa shape index (κ3) is 2.88. The van der Waals surface area contributed by atoms with Crippen LogP contribution in [0.4, 0.5) is 0 Å². The minimum atomic E-state index is 0.0448. The molecule has 1 aliphatic carbocycles. The topological polar surface area (TPSA) is 47.4 Å². The Morgan fingerprint density at radius 1 is 1.26 bits per heavy atom. The van der Waals surface area contributed by atoms with E-state index in [1.54, 1.807) is 4.68 Å². The molecule has 0 bridgehead atoms. The quantitative estimate of drug-likeness (QED) is 0.875. The summed E-state index contributed by atoms with van der Waals surface area (Å²) in [7, 11) is 0. The molecule has 0 spiro atoms. The van der Waals surface area contributed by atoms with Crippen LogP contribution in [0.1, 0.15) is 41.9 Å². The molecule has 2 aliphatic rings. The Bertz CT molecular complexity index is 706. The summed E-state index contributed by atoms with van der Waals surface area (Å²) in [5.74, 6) is 0.568. The smallest absolute Gasteiger partial charge is 0.272 e. The zero-order valence-electron chi connectivity index (χ0n) is 13.3. The molecule has 1 aliphatic heterocycles. The third-order valence-corrected chi connectivity index (χ3v) is 4.47. The van der Waals surface area contributed by atoms with Crippen molar-refractivity contribution in [2.24, 2.45) is 0 Å². The fraction of sp³-hybridized carbons (Fsp3) is 0.444. The van der Waals surface area contributed by atoms with Crippen LogP contribution in [0.2, 0.25) is 0 Å². The monoisotopic (exact) mass is 311 g/mol. The highest BCUT2D eigenvalue weighted by molar-refractivity contribution is 5.93. The molecule has 1 unspecified atom stereocenters. The van der Waals surface area contributed by atoms with E-state index >= 15 is 0 Å². The molecule has 1 amide bonds. The van der Waals surface area contributed by atoms with E-state index in [0.29, 0.717) is 31.3 Å². The number of carbonyl (C=O) groups excluding carboxylic acids is 1. The molecule has 1 saturated carbocycles. The average Bonchev–Trinajstić information content (AvgIpc) is 3.34. The van der Waals surface area contributed by atoms with Gasteiger partial charge in [0.1, 0.15) is 5.69 Å². The van der Waals surface area contributed by atoms with Crippen molar-refractivity contribution < 1.29 is 9.53 Å². The van der Waals surface area contributed by atoms with Gasteiger partial charge in [-0.15, -0.1) is 0 Å². The maximum Gasteiger partial charge on any atom is 0.272 e. The maximum absolute atomic E-state index is 13.0. The van der Waals surface area contributed by atoms with Gasteiger partial charge in [-0.05, 0) is 38.0 Å². The van der Waals surface area contributed by atoms with Crippen molar-refractivity contribution in [3.8, 4) is 5.69 Å². The Kier molecular flexibility index (Phi) is 3.65. The lowest BCUT2D eigenvalue weighted by Crippen LogP contribution is -2.45. The van der Waals surface area contributed by atoms with Crippen molar-refractivity contribution in [3.63, 3.8) is 0 Å². The molecule has 5 heteroatoms. The van der Waals surface area contributed by atoms with Gasteiger partial charge in [-0.2, -0.15) is 5.10 Å². The van der Waals surface area contributed by atoms with E-state index in [2.05, 4.69) is 0 Å². The highest BCUT2D eigenvalue weighted by Crippen LogP contribution is 2.39. The first-order valence-electron chi connectivity index (χ1n) is 8.28. The largest absolute Gasteiger partial charge is 0.375 e. The minimum Gasteiger partial charge on any atom is -0.375 e. The molecule has 2 heterocycles. The van der Waals surface area contributed by atoms with Crippen LogP contribution in [0.3, 0.4) is 0 Å². The van der Waals surface area contributed by atoms with Crippen LogP contribution in [-0.4, -0.2) is 46.4 Å². The molecule has 1 saturated heterocycles. The van der Waals surface area contributed by atoms with Gasteiger partial charge in [-0.3, -0.25) is 4.79 Å². The number of benzene rings is 1. The number of hydrogen-bond donors (Lipinski definition) is 0. The van der Waals surface area contributed by atoms with Gasteiger partial charge in [0, 0.05) is 19.0 Å². The Morgan fingerprint density at radius 3 is 2.74 bits per heavy atom. The summed E-state index contributed by atoms with van der Waals surface area (Å²) in [6.07, 6.45) is 2.44. The number of amides is 1. The van der Waals surface area contributed by atoms with Gasteiger partial charge < -0.3 is 9.64 Å². The summed E-state index contributed by atoms with van der Waals surface area (Å²) >= 11 is 0. The van der Waals surface area contributed by atoms with Gasteiger partial charge in [-0.1, -0.05) is 18.2 Å². The van der Waals surface area contributed by atoms with E-state index in [4.69, 9.17) is 9.84 Å². The minimum absolute atomic E-state index is 0.0448.